The first-order chi connectivity index (χ1) is 11.0. The number of hydrogen-bond acceptors (Lipinski definition) is 4. The first kappa shape index (κ1) is 15.5. The van der Waals surface area contributed by atoms with Crippen LogP contribution in [-0.4, -0.2) is 17.9 Å². The third-order valence-electron chi connectivity index (χ3n) is 4.30. The zero-order valence-electron chi connectivity index (χ0n) is 13.6. The molecule has 0 bridgehead atoms. The highest BCUT2D eigenvalue weighted by Crippen LogP contribution is 2.24. The van der Waals surface area contributed by atoms with Crippen molar-refractivity contribution in [1.82, 2.24) is 0 Å². The van der Waals surface area contributed by atoms with Crippen LogP contribution in [0.1, 0.15) is 56.7 Å². The summed E-state index contributed by atoms with van der Waals surface area (Å²) >= 11 is 0. The van der Waals surface area contributed by atoms with Crippen molar-refractivity contribution < 1.29 is 18.7 Å². The molecule has 0 spiro atoms. The number of benzene rings is 1. The first-order valence-electron chi connectivity index (χ1n) is 7.89. The van der Waals surface area contributed by atoms with Gasteiger partial charge in [-0.1, -0.05) is 12.1 Å². The van der Waals surface area contributed by atoms with Gasteiger partial charge in [-0.15, -0.1) is 0 Å². The summed E-state index contributed by atoms with van der Waals surface area (Å²) in [5, 5.41) is 0. The smallest absolute Gasteiger partial charge is 0.342 e. The van der Waals surface area contributed by atoms with Crippen LogP contribution in [0.25, 0.3) is 0 Å². The van der Waals surface area contributed by atoms with Gasteiger partial charge in [-0.2, -0.15) is 0 Å². The molecule has 1 aliphatic carbocycles. The molecule has 3 rings (SSSR count). The van der Waals surface area contributed by atoms with E-state index in [1.807, 2.05) is 18.2 Å². The second kappa shape index (κ2) is 6.03. The van der Waals surface area contributed by atoms with E-state index >= 15 is 0 Å². The van der Waals surface area contributed by atoms with Crippen molar-refractivity contribution in [2.75, 3.05) is 0 Å². The van der Waals surface area contributed by atoms with Crippen LogP contribution in [0.3, 0.4) is 0 Å². The average Bonchev–Trinajstić information content (AvgIpc) is 3.11. The van der Waals surface area contributed by atoms with E-state index < -0.39 is 12.1 Å². The van der Waals surface area contributed by atoms with Gasteiger partial charge in [0.05, 0.1) is 0 Å². The highest BCUT2D eigenvalue weighted by Gasteiger charge is 2.24. The van der Waals surface area contributed by atoms with Crippen molar-refractivity contribution in [2.24, 2.45) is 0 Å². The van der Waals surface area contributed by atoms with E-state index in [0.29, 0.717) is 22.6 Å². The molecule has 1 atom stereocenters. The standard InChI is InChI=1S/C19H20O4/c1-11-9-17(12(2)22-11)19(21)23-13(3)18(20)16-8-7-14-5-4-6-15(14)10-16/h7-10,13H,4-6H2,1-3H3/t13-/m0/s1. The van der Waals surface area contributed by atoms with Gasteiger partial charge in [0, 0.05) is 5.56 Å². The van der Waals surface area contributed by atoms with Crippen molar-refractivity contribution in [3.63, 3.8) is 0 Å². The number of carbonyl (C=O) groups excluding carboxylic acids is 2. The average molecular weight is 312 g/mol. The Balaban J connectivity index is 1.72. The minimum atomic E-state index is -0.823. The zero-order valence-corrected chi connectivity index (χ0v) is 13.6. The van der Waals surface area contributed by atoms with Gasteiger partial charge in [0.1, 0.15) is 17.1 Å². The molecule has 0 radical (unpaired) electrons. The lowest BCUT2D eigenvalue weighted by molar-refractivity contribution is 0.0317. The lowest BCUT2D eigenvalue weighted by Crippen LogP contribution is -2.24. The topological polar surface area (TPSA) is 56.5 Å². The Bertz CT molecular complexity index is 770. The summed E-state index contributed by atoms with van der Waals surface area (Å²) in [7, 11) is 0. The summed E-state index contributed by atoms with van der Waals surface area (Å²) in [4.78, 5) is 24.7. The van der Waals surface area contributed by atoms with E-state index in [0.717, 1.165) is 19.3 Å². The van der Waals surface area contributed by atoms with Crippen LogP contribution in [0.5, 0.6) is 0 Å². The number of rotatable bonds is 4. The molecule has 0 fully saturated rings. The summed E-state index contributed by atoms with van der Waals surface area (Å²) in [6.45, 7) is 5.08. The molecule has 0 saturated carbocycles. The normalized spacial score (nSPS) is 14.4. The number of ketones is 1. The minimum absolute atomic E-state index is 0.175. The number of esters is 1. The minimum Gasteiger partial charge on any atom is -0.466 e. The Labute approximate surface area is 135 Å². The summed E-state index contributed by atoms with van der Waals surface area (Å²) in [6.07, 6.45) is 2.40. The van der Waals surface area contributed by atoms with Crippen LogP contribution >= 0.6 is 0 Å². The van der Waals surface area contributed by atoms with Gasteiger partial charge in [0.15, 0.2) is 6.10 Å². The van der Waals surface area contributed by atoms with Crippen molar-refractivity contribution >= 4 is 11.8 Å². The Kier molecular flexibility index (Phi) is 4.07. The quantitative estimate of drug-likeness (QED) is 0.636. The molecule has 0 unspecified atom stereocenters. The number of furan rings is 1. The number of hydrogen-bond donors (Lipinski definition) is 0. The molecule has 0 aliphatic heterocycles. The maximum absolute atomic E-state index is 12.5. The van der Waals surface area contributed by atoms with E-state index in [9.17, 15) is 9.59 Å². The Morgan fingerprint density at radius 2 is 1.87 bits per heavy atom. The largest absolute Gasteiger partial charge is 0.466 e. The van der Waals surface area contributed by atoms with Gasteiger partial charge in [-0.3, -0.25) is 4.79 Å². The molecular formula is C19H20O4. The number of carbonyl (C=O) groups is 2. The second-order valence-electron chi connectivity index (χ2n) is 6.08. The first-order valence-corrected chi connectivity index (χ1v) is 7.89. The maximum atomic E-state index is 12.5. The molecule has 4 nitrogen and oxygen atoms in total. The lowest BCUT2D eigenvalue weighted by Gasteiger charge is -2.13. The fourth-order valence-corrected chi connectivity index (χ4v) is 3.07. The predicted molar refractivity (Wildman–Crippen MR) is 85.9 cm³/mol. The Morgan fingerprint density at radius 3 is 2.57 bits per heavy atom. The molecule has 4 heteroatoms. The van der Waals surface area contributed by atoms with Crippen molar-refractivity contribution in [3.8, 4) is 0 Å². The van der Waals surface area contributed by atoms with Gasteiger partial charge in [-0.25, -0.2) is 4.79 Å². The lowest BCUT2D eigenvalue weighted by atomic mass is 10.0. The molecule has 23 heavy (non-hydrogen) atoms. The Morgan fingerprint density at radius 1 is 1.13 bits per heavy atom. The summed E-state index contributed by atoms with van der Waals surface area (Å²) in [5.41, 5.74) is 3.52. The molecule has 1 heterocycles. The van der Waals surface area contributed by atoms with Crippen molar-refractivity contribution in [1.29, 1.82) is 0 Å². The molecule has 1 aliphatic rings. The van der Waals surface area contributed by atoms with Gasteiger partial charge >= 0.3 is 5.97 Å². The predicted octanol–water partition coefficient (Wildman–Crippen LogP) is 3.81. The van der Waals surface area contributed by atoms with E-state index in [1.54, 1.807) is 26.8 Å². The van der Waals surface area contributed by atoms with Gasteiger partial charge in [0.2, 0.25) is 5.78 Å². The van der Waals surface area contributed by atoms with Crippen LogP contribution in [0.4, 0.5) is 0 Å². The molecule has 2 aromatic rings. The van der Waals surface area contributed by atoms with Gasteiger partial charge in [-0.05, 0) is 63.3 Å². The van der Waals surface area contributed by atoms with E-state index in [-0.39, 0.29) is 5.78 Å². The zero-order chi connectivity index (χ0) is 16.6. The number of ether oxygens (including phenoxy) is 1. The highest BCUT2D eigenvalue weighted by molar-refractivity contribution is 6.01. The molecule has 1 aromatic heterocycles. The number of aryl methyl sites for hydroxylation is 4. The van der Waals surface area contributed by atoms with Crippen molar-refractivity contribution in [2.45, 2.75) is 46.1 Å². The fourth-order valence-electron chi connectivity index (χ4n) is 3.07. The number of Topliss-reactive ketones (excluding diaryl/α,β-unsaturated/α-hetero) is 1. The molecule has 0 N–H and O–H groups in total. The monoisotopic (exact) mass is 312 g/mol. The fraction of sp³-hybridized carbons (Fsp3) is 0.368. The maximum Gasteiger partial charge on any atom is 0.342 e. The third-order valence-corrected chi connectivity index (χ3v) is 4.30. The molecule has 120 valence electrons. The Hall–Kier alpha value is -2.36. The highest BCUT2D eigenvalue weighted by atomic mass is 16.5. The van der Waals surface area contributed by atoms with Gasteiger partial charge in [0.25, 0.3) is 0 Å². The van der Waals surface area contributed by atoms with Crippen LogP contribution in [0.2, 0.25) is 0 Å². The summed E-state index contributed by atoms with van der Waals surface area (Å²) < 4.78 is 10.6. The second-order valence-corrected chi connectivity index (χ2v) is 6.08. The SMILES string of the molecule is Cc1cc(C(=O)O[C@@H](C)C(=O)c2ccc3c(c2)CCC3)c(C)o1. The van der Waals surface area contributed by atoms with E-state index in [2.05, 4.69) is 0 Å². The van der Waals surface area contributed by atoms with Crippen LogP contribution in [0.15, 0.2) is 28.7 Å². The third kappa shape index (κ3) is 3.07. The van der Waals surface area contributed by atoms with E-state index in [1.165, 1.54) is 11.1 Å². The van der Waals surface area contributed by atoms with Gasteiger partial charge < -0.3 is 9.15 Å². The molecule has 1 aromatic carbocycles. The molecule has 0 saturated heterocycles. The molecular weight excluding hydrogens is 292 g/mol. The number of fused-ring (bicyclic) bond motifs is 1. The van der Waals surface area contributed by atoms with Crippen LogP contribution in [-0.2, 0) is 17.6 Å². The van der Waals surface area contributed by atoms with E-state index in [4.69, 9.17) is 9.15 Å². The van der Waals surface area contributed by atoms with Crippen molar-refractivity contribution in [3.05, 3.63) is 58.0 Å². The molecule has 0 amide bonds. The summed E-state index contributed by atoms with van der Waals surface area (Å²) in [6, 6.07) is 7.39. The summed E-state index contributed by atoms with van der Waals surface area (Å²) in [5.74, 6) is 0.448. The van der Waals surface area contributed by atoms with Crippen LogP contribution < -0.4 is 0 Å². The van der Waals surface area contributed by atoms with Crippen LogP contribution in [0, 0.1) is 13.8 Å².